The molecule has 1 aliphatic rings. The lowest BCUT2D eigenvalue weighted by atomic mass is 10.1. The fourth-order valence-corrected chi connectivity index (χ4v) is 3.49. The number of amides is 1. The van der Waals surface area contributed by atoms with Crippen molar-refractivity contribution >= 4 is 23.0 Å². The fourth-order valence-electron chi connectivity index (χ4n) is 3.49. The molecule has 0 unspecified atom stereocenters. The first-order valence-electron chi connectivity index (χ1n) is 11.7. The second kappa shape index (κ2) is 11.3. The van der Waals surface area contributed by atoms with E-state index >= 15 is 0 Å². The second-order valence-electron chi connectivity index (χ2n) is 7.94. The molecule has 0 atom stereocenters. The highest BCUT2D eigenvalue weighted by atomic mass is 19.4. The Morgan fingerprint density at radius 1 is 1.03 bits per heavy atom. The number of rotatable bonds is 7. The van der Waals surface area contributed by atoms with Crippen LogP contribution in [0.5, 0.6) is 5.75 Å². The fraction of sp³-hybridized carbons (Fsp3) is 0.333. The van der Waals surface area contributed by atoms with E-state index in [1.807, 2.05) is 26.8 Å². The first-order chi connectivity index (χ1) is 16.7. The van der Waals surface area contributed by atoms with E-state index in [0.717, 1.165) is 30.7 Å². The minimum atomic E-state index is -4.54. The third-order valence-electron chi connectivity index (χ3n) is 5.39. The molecule has 186 valence electrons. The maximum atomic E-state index is 13.3. The number of aryl methyl sites for hydroxylation is 1. The monoisotopic (exact) mass is 485 g/mol. The molecular formula is C27H30F3N3O2. The Kier molecular flexibility index (Phi) is 8.38. The van der Waals surface area contributed by atoms with Gasteiger partial charge in [-0.15, -0.1) is 0 Å². The Morgan fingerprint density at radius 3 is 2.29 bits per heavy atom. The lowest BCUT2D eigenvalue weighted by Crippen LogP contribution is -2.16. The van der Waals surface area contributed by atoms with Crippen LogP contribution in [-0.4, -0.2) is 17.5 Å². The van der Waals surface area contributed by atoms with E-state index < -0.39 is 17.6 Å². The summed E-state index contributed by atoms with van der Waals surface area (Å²) in [5, 5.41) is 5.72. The molecule has 8 heteroatoms. The molecule has 0 spiro atoms. The number of carbonyl (C=O) groups excluding carboxylic acids is 1. The van der Waals surface area contributed by atoms with Crippen LogP contribution in [0.2, 0.25) is 0 Å². The molecule has 35 heavy (non-hydrogen) atoms. The van der Waals surface area contributed by atoms with Crippen molar-refractivity contribution in [2.75, 3.05) is 17.2 Å². The number of hydrogen-bond donors (Lipinski definition) is 2. The summed E-state index contributed by atoms with van der Waals surface area (Å²) < 4.78 is 45.4. The molecule has 1 aromatic heterocycles. The van der Waals surface area contributed by atoms with Crippen molar-refractivity contribution in [1.82, 2.24) is 4.98 Å². The van der Waals surface area contributed by atoms with Gasteiger partial charge in [0, 0.05) is 17.3 Å². The van der Waals surface area contributed by atoms with Gasteiger partial charge in [-0.3, -0.25) is 9.78 Å². The number of halogens is 3. The molecule has 1 saturated carbocycles. The molecule has 4 rings (SSSR count). The number of benzene rings is 2. The van der Waals surface area contributed by atoms with Gasteiger partial charge >= 0.3 is 6.18 Å². The van der Waals surface area contributed by atoms with Crippen LogP contribution in [0.15, 0.2) is 54.6 Å². The van der Waals surface area contributed by atoms with Crippen LogP contribution in [0.1, 0.15) is 66.8 Å². The molecule has 2 aromatic carbocycles. The lowest BCUT2D eigenvalue weighted by molar-refractivity contribution is -0.137. The topological polar surface area (TPSA) is 63.2 Å². The number of nitrogens with one attached hydrogen (secondary N) is 2. The quantitative estimate of drug-likeness (QED) is 0.360. The summed E-state index contributed by atoms with van der Waals surface area (Å²) in [6.07, 6.45) is -2.31. The molecule has 1 amide bonds. The first-order valence-corrected chi connectivity index (χ1v) is 11.7. The number of alkyl halides is 3. The third kappa shape index (κ3) is 6.74. The van der Waals surface area contributed by atoms with Crippen molar-refractivity contribution in [3.63, 3.8) is 0 Å². The molecule has 0 radical (unpaired) electrons. The van der Waals surface area contributed by atoms with Crippen LogP contribution < -0.4 is 15.4 Å². The van der Waals surface area contributed by atoms with Crippen molar-refractivity contribution in [3.05, 3.63) is 77.1 Å². The number of pyridine rings is 1. The molecule has 0 bridgehead atoms. The van der Waals surface area contributed by atoms with Gasteiger partial charge in [0.05, 0.1) is 34.8 Å². The third-order valence-corrected chi connectivity index (χ3v) is 5.39. The van der Waals surface area contributed by atoms with E-state index in [-0.39, 0.29) is 11.3 Å². The lowest BCUT2D eigenvalue weighted by Gasteiger charge is -2.16. The summed E-state index contributed by atoms with van der Waals surface area (Å²) in [5.74, 6) is 0.595. The summed E-state index contributed by atoms with van der Waals surface area (Å²) in [7, 11) is 0. The summed E-state index contributed by atoms with van der Waals surface area (Å²) in [5.41, 5.74) is 2.00. The van der Waals surface area contributed by atoms with Crippen LogP contribution in [0.25, 0.3) is 0 Å². The van der Waals surface area contributed by atoms with Crippen LogP contribution in [0.4, 0.5) is 30.2 Å². The van der Waals surface area contributed by atoms with Crippen LogP contribution in [-0.2, 0) is 6.18 Å². The molecule has 0 aliphatic heterocycles. The Labute approximate surface area is 203 Å². The van der Waals surface area contributed by atoms with Crippen molar-refractivity contribution in [1.29, 1.82) is 0 Å². The van der Waals surface area contributed by atoms with Gasteiger partial charge in [0.15, 0.2) is 0 Å². The van der Waals surface area contributed by atoms with Gasteiger partial charge in [0.25, 0.3) is 5.91 Å². The first kappa shape index (κ1) is 26.1. The summed E-state index contributed by atoms with van der Waals surface area (Å²) in [6.45, 7) is 8.16. The van der Waals surface area contributed by atoms with Crippen LogP contribution >= 0.6 is 0 Å². The maximum Gasteiger partial charge on any atom is 0.416 e. The largest absolute Gasteiger partial charge is 0.494 e. The number of carbonyl (C=O) groups is 1. The predicted octanol–water partition coefficient (Wildman–Crippen LogP) is 7.71. The Morgan fingerprint density at radius 2 is 1.71 bits per heavy atom. The second-order valence-corrected chi connectivity index (χ2v) is 7.94. The average Bonchev–Trinajstić information content (AvgIpc) is 3.68. The van der Waals surface area contributed by atoms with Gasteiger partial charge in [-0.25, -0.2) is 0 Å². The van der Waals surface area contributed by atoms with Gasteiger partial charge in [0.2, 0.25) is 0 Å². The van der Waals surface area contributed by atoms with Crippen molar-refractivity contribution in [2.45, 2.75) is 52.6 Å². The molecule has 2 N–H and O–H groups in total. The molecule has 1 fully saturated rings. The molecule has 1 heterocycles. The van der Waals surface area contributed by atoms with E-state index in [4.69, 9.17) is 4.74 Å². The highest BCUT2D eigenvalue weighted by molar-refractivity contribution is 6.08. The van der Waals surface area contributed by atoms with E-state index in [0.29, 0.717) is 35.3 Å². The van der Waals surface area contributed by atoms with E-state index in [1.165, 1.54) is 6.07 Å². The smallest absolute Gasteiger partial charge is 0.416 e. The SMILES string of the molecule is CC.CCOc1ccc(Nc2cc(C(F)(F)F)ccc2C(=O)Nc2ccc(C3CC3)nc2C)cc1. The number of hydrogen-bond acceptors (Lipinski definition) is 4. The summed E-state index contributed by atoms with van der Waals surface area (Å²) in [6, 6.07) is 13.5. The zero-order chi connectivity index (χ0) is 25.6. The van der Waals surface area contributed by atoms with Gasteiger partial charge in [-0.2, -0.15) is 13.2 Å². The summed E-state index contributed by atoms with van der Waals surface area (Å²) in [4.78, 5) is 17.6. The zero-order valence-electron chi connectivity index (χ0n) is 20.3. The standard InChI is InChI=1S/C25H24F3N3O2.C2H6/c1-3-33-19-9-7-18(8-10-19)30-23-14-17(25(26,27)28)6-11-20(23)24(32)31-21-12-13-22(16-4-5-16)29-15(21)2;1-2/h6-14,16,30H,3-5H2,1-2H3,(H,31,32);1-2H3. The zero-order valence-corrected chi connectivity index (χ0v) is 20.3. The number of ether oxygens (including phenoxy) is 1. The number of aromatic nitrogens is 1. The Bertz CT molecular complexity index is 1160. The highest BCUT2D eigenvalue weighted by Gasteiger charge is 2.32. The van der Waals surface area contributed by atoms with Gasteiger partial charge in [0.1, 0.15) is 5.75 Å². The van der Waals surface area contributed by atoms with E-state index in [9.17, 15) is 18.0 Å². The molecule has 5 nitrogen and oxygen atoms in total. The van der Waals surface area contributed by atoms with Gasteiger partial charge in [-0.1, -0.05) is 13.8 Å². The Balaban J connectivity index is 0.00000167. The normalized spacial score (nSPS) is 12.9. The van der Waals surface area contributed by atoms with Crippen molar-refractivity contribution < 1.29 is 22.7 Å². The van der Waals surface area contributed by atoms with Gasteiger partial charge < -0.3 is 15.4 Å². The minimum Gasteiger partial charge on any atom is -0.494 e. The van der Waals surface area contributed by atoms with Crippen LogP contribution in [0.3, 0.4) is 0 Å². The van der Waals surface area contributed by atoms with Crippen molar-refractivity contribution in [2.24, 2.45) is 0 Å². The average molecular weight is 486 g/mol. The highest BCUT2D eigenvalue weighted by Crippen LogP contribution is 2.39. The molecule has 3 aromatic rings. The number of nitrogens with zero attached hydrogens (tertiary/aromatic N) is 1. The minimum absolute atomic E-state index is 0.0479. The molecule has 1 aliphatic carbocycles. The summed E-state index contributed by atoms with van der Waals surface area (Å²) >= 11 is 0. The van der Waals surface area contributed by atoms with Gasteiger partial charge in [-0.05, 0) is 81.3 Å². The number of anilines is 3. The van der Waals surface area contributed by atoms with Crippen LogP contribution in [0, 0.1) is 6.92 Å². The molecular weight excluding hydrogens is 455 g/mol. The maximum absolute atomic E-state index is 13.3. The predicted molar refractivity (Wildman–Crippen MR) is 133 cm³/mol. The van der Waals surface area contributed by atoms with E-state index in [1.54, 1.807) is 37.3 Å². The van der Waals surface area contributed by atoms with E-state index in [2.05, 4.69) is 15.6 Å². The molecule has 0 saturated heterocycles. The Hall–Kier alpha value is -3.55. The van der Waals surface area contributed by atoms with Crippen molar-refractivity contribution in [3.8, 4) is 5.75 Å².